The second kappa shape index (κ2) is 6.77. The van der Waals surface area contributed by atoms with E-state index in [1.165, 1.54) is 44.1 Å². The van der Waals surface area contributed by atoms with E-state index in [0.717, 1.165) is 40.2 Å². The SMILES string of the molecule is CCCOc1c(Br)cc(CNC23CC4C[C@@](C)(C2)C[C@](C)(C4)C3)cc1Br. The number of halogens is 2. The molecule has 4 fully saturated rings. The third-order valence-electron chi connectivity index (χ3n) is 6.80. The van der Waals surface area contributed by atoms with E-state index in [4.69, 9.17) is 4.74 Å². The van der Waals surface area contributed by atoms with Gasteiger partial charge in [0, 0.05) is 12.1 Å². The summed E-state index contributed by atoms with van der Waals surface area (Å²) in [6.45, 7) is 8.89. The van der Waals surface area contributed by atoms with Crippen LogP contribution < -0.4 is 10.1 Å². The van der Waals surface area contributed by atoms with E-state index >= 15 is 0 Å². The molecule has 1 aromatic rings. The van der Waals surface area contributed by atoms with Gasteiger partial charge in [-0.25, -0.2) is 0 Å². The van der Waals surface area contributed by atoms with E-state index in [9.17, 15) is 0 Å². The first-order valence-electron chi connectivity index (χ1n) is 10.1. The fourth-order valence-corrected chi connectivity index (χ4v) is 8.50. The van der Waals surface area contributed by atoms with Crippen LogP contribution in [0.1, 0.15) is 71.3 Å². The van der Waals surface area contributed by atoms with Gasteiger partial charge in [0.15, 0.2) is 0 Å². The molecule has 144 valence electrons. The van der Waals surface area contributed by atoms with E-state index in [1.54, 1.807) is 0 Å². The molecular weight excluding hydrogens is 454 g/mol. The number of rotatable bonds is 6. The molecule has 0 amide bonds. The van der Waals surface area contributed by atoms with Crippen LogP contribution in [0.2, 0.25) is 0 Å². The molecule has 5 rings (SSSR count). The third-order valence-corrected chi connectivity index (χ3v) is 7.98. The number of nitrogens with one attached hydrogen (secondary N) is 1. The van der Waals surface area contributed by atoms with E-state index in [2.05, 4.69) is 70.1 Å². The van der Waals surface area contributed by atoms with Crippen LogP contribution in [0, 0.1) is 16.7 Å². The summed E-state index contributed by atoms with van der Waals surface area (Å²) in [6, 6.07) is 4.43. The fourth-order valence-electron chi connectivity index (χ4n) is 6.99. The molecule has 4 atom stereocenters. The van der Waals surface area contributed by atoms with Crippen LogP contribution in [-0.4, -0.2) is 12.1 Å². The summed E-state index contributed by atoms with van der Waals surface area (Å²) in [4.78, 5) is 0. The average molecular weight is 485 g/mol. The highest BCUT2D eigenvalue weighted by Gasteiger charge is 2.59. The first-order valence-corrected chi connectivity index (χ1v) is 11.7. The summed E-state index contributed by atoms with van der Waals surface area (Å²) in [6.07, 6.45) is 9.43. The molecule has 4 saturated carbocycles. The quantitative estimate of drug-likeness (QED) is 0.477. The number of ether oxygens (including phenoxy) is 1. The van der Waals surface area contributed by atoms with Crippen molar-refractivity contribution < 1.29 is 4.74 Å². The second-order valence-corrected chi connectivity index (χ2v) is 11.7. The van der Waals surface area contributed by atoms with Gasteiger partial charge in [-0.05, 0) is 111 Å². The van der Waals surface area contributed by atoms with Crippen LogP contribution in [-0.2, 0) is 6.54 Å². The topological polar surface area (TPSA) is 21.3 Å². The Labute approximate surface area is 175 Å². The zero-order chi connectivity index (χ0) is 18.6. The first kappa shape index (κ1) is 19.3. The maximum absolute atomic E-state index is 5.86. The van der Waals surface area contributed by atoms with E-state index in [0.29, 0.717) is 16.4 Å². The molecule has 4 bridgehead atoms. The molecule has 0 saturated heterocycles. The van der Waals surface area contributed by atoms with Crippen molar-refractivity contribution in [3.8, 4) is 5.75 Å². The minimum Gasteiger partial charge on any atom is -0.491 e. The van der Waals surface area contributed by atoms with Crippen LogP contribution in [0.4, 0.5) is 0 Å². The minimum atomic E-state index is 0.346. The van der Waals surface area contributed by atoms with Gasteiger partial charge in [-0.15, -0.1) is 0 Å². The molecule has 4 aliphatic carbocycles. The largest absolute Gasteiger partial charge is 0.491 e. The molecule has 1 N–H and O–H groups in total. The predicted molar refractivity (Wildman–Crippen MR) is 115 cm³/mol. The van der Waals surface area contributed by atoms with Crippen molar-refractivity contribution in [2.45, 2.75) is 77.8 Å². The molecule has 0 aliphatic heterocycles. The molecule has 0 aromatic heterocycles. The average Bonchev–Trinajstić information content (AvgIpc) is 2.49. The Morgan fingerprint density at radius 3 is 2.19 bits per heavy atom. The molecule has 1 aromatic carbocycles. The van der Waals surface area contributed by atoms with Crippen molar-refractivity contribution in [1.29, 1.82) is 0 Å². The van der Waals surface area contributed by atoms with Crippen molar-refractivity contribution in [2.24, 2.45) is 16.7 Å². The molecule has 4 heteroatoms. The van der Waals surface area contributed by atoms with E-state index in [-0.39, 0.29) is 0 Å². The molecule has 26 heavy (non-hydrogen) atoms. The van der Waals surface area contributed by atoms with Gasteiger partial charge in [0.05, 0.1) is 15.6 Å². The summed E-state index contributed by atoms with van der Waals surface area (Å²) in [5, 5.41) is 4.03. The van der Waals surface area contributed by atoms with E-state index in [1.807, 2.05) is 0 Å². The summed E-state index contributed by atoms with van der Waals surface area (Å²) < 4.78 is 7.95. The molecule has 0 spiro atoms. The number of hydrogen-bond acceptors (Lipinski definition) is 2. The third kappa shape index (κ3) is 3.63. The summed E-state index contributed by atoms with van der Waals surface area (Å²) in [5.41, 5.74) is 2.78. The Kier molecular flexibility index (Phi) is 5.02. The van der Waals surface area contributed by atoms with Crippen molar-refractivity contribution in [3.63, 3.8) is 0 Å². The summed E-state index contributed by atoms with van der Waals surface area (Å²) in [5.74, 6) is 1.85. The molecule has 0 heterocycles. The lowest BCUT2D eigenvalue weighted by molar-refractivity contribution is -0.118. The van der Waals surface area contributed by atoms with Gasteiger partial charge in [-0.1, -0.05) is 20.8 Å². The molecular formula is C22H31Br2NO. The van der Waals surface area contributed by atoms with Crippen LogP contribution in [0.25, 0.3) is 0 Å². The maximum atomic E-state index is 5.86. The number of benzene rings is 1. The Bertz CT molecular complexity index is 662. The van der Waals surface area contributed by atoms with Crippen LogP contribution >= 0.6 is 31.9 Å². The Hall–Kier alpha value is -0.0600. The maximum Gasteiger partial charge on any atom is 0.147 e. The predicted octanol–water partition coefficient (Wildman–Crippen LogP) is 6.84. The van der Waals surface area contributed by atoms with Gasteiger partial charge >= 0.3 is 0 Å². The van der Waals surface area contributed by atoms with Gasteiger partial charge in [0.25, 0.3) is 0 Å². The van der Waals surface area contributed by atoms with E-state index < -0.39 is 0 Å². The van der Waals surface area contributed by atoms with Crippen LogP contribution in [0.5, 0.6) is 5.75 Å². The highest BCUT2D eigenvalue weighted by Crippen LogP contribution is 2.66. The highest BCUT2D eigenvalue weighted by molar-refractivity contribution is 9.11. The van der Waals surface area contributed by atoms with Crippen molar-refractivity contribution in [2.75, 3.05) is 6.61 Å². The van der Waals surface area contributed by atoms with Gasteiger partial charge in [-0.2, -0.15) is 0 Å². The monoisotopic (exact) mass is 483 g/mol. The number of hydrogen-bond donors (Lipinski definition) is 1. The van der Waals surface area contributed by atoms with Crippen molar-refractivity contribution >= 4 is 31.9 Å². The minimum absolute atomic E-state index is 0.346. The lowest BCUT2D eigenvalue weighted by Crippen LogP contribution is -2.63. The van der Waals surface area contributed by atoms with Gasteiger partial charge in [-0.3, -0.25) is 0 Å². The van der Waals surface area contributed by atoms with Crippen LogP contribution in [0.15, 0.2) is 21.1 Å². The lowest BCUT2D eigenvalue weighted by atomic mass is 9.43. The Morgan fingerprint density at radius 2 is 1.65 bits per heavy atom. The Morgan fingerprint density at radius 1 is 1.04 bits per heavy atom. The molecule has 0 radical (unpaired) electrons. The zero-order valence-corrected chi connectivity index (χ0v) is 19.4. The summed E-state index contributed by atoms with van der Waals surface area (Å²) >= 11 is 7.39. The van der Waals surface area contributed by atoms with Crippen molar-refractivity contribution in [1.82, 2.24) is 5.32 Å². The zero-order valence-electron chi connectivity index (χ0n) is 16.3. The fraction of sp³-hybridized carbons (Fsp3) is 0.727. The summed E-state index contributed by atoms with van der Waals surface area (Å²) in [7, 11) is 0. The van der Waals surface area contributed by atoms with Gasteiger partial charge < -0.3 is 10.1 Å². The van der Waals surface area contributed by atoms with Crippen molar-refractivity contribution in [3.05, 3.63) is 26.6 Å². The standard InChI is InChI=1S/C22H31Br2NO/c1-4-5-26-19-17(23)6-15(7-18(19)24)11-25-22-10-16-8-20(2,13-22)12-21(3,9-16)14-22/h6-7,16,25H,4-5,8-14H2,1-3H3/t16?,20-,21+,22?. The van der Waals surface area contributed by atoms with Crippen LogP contribution in [0.3, 0.4) is 0 Å². The lowest BCUT2D eigenvalue weighted by Gasteiger charge is -2.65. The molecule has 2 unspecified atom stereocenters. The normalized spacial score (nSPS) is 38.0. The molecule has 4 aliphatic rings. The highest BCUT2D eigenvalue weighted by atomic mass is 79.9. The second-order valence-electron chi connectivity index (χ2n) is 10.0. The molecule has 2 nitrogen and oxygen atoms in total. The van der Waals surface area contributed by atoms with Gasteiger partial charge in [0.1, 0.15) is 5.75 Å². The Balaban J connectivity index is 1.49. The first-order chi connectivity index (χ1) is 12.2. The smallest absolute Gasteiger partial charge is 0.147 e. The van der Waals surface area contributed by atoms with Gasteiger partial charge in [0.2, 0.25) is 0 Å².